The molecular weight excluding hydrogens is 320 g/mol. The number of carbonyl (C=O) groups is 2. The van der Waals surface area contributed by atoms with Crippen LogP contribution in [-0.2, 0) is 23.8 Å². The lowest BCUT2D eigenvalue weighted by atomic mass is 10.2. The molecule has 0 radical (unpaired) electrons. The standard InChI is InChI=1S/C15H14N2O5S/c1-10-6-11(23-9-16)2-3-12(10)17-14(18)8-22-15(19)13-7-20-4-5-21-13/h2-3,6-7H,4-5,8H2,1H3,(H,17,18). The highest BCUT2D eigenvalue weighted by Gasteiger charge is 2.18. The van der Waals surface area contributed by atoms with Crippen molar-refractivity contribution in [3.05, 3.63) is 35.8 Å². The number of amides is 1. The van der Waals surface area contributed by atoms with E-state index in [1.807, 2.05) is 5.40 Å². The second-order valence-electron chi connectivity index (χ2n) is 4.50. The van der Waals surface area contributed by atoms with E-state index < -0.39 is 18.5 Å². The van der Waals surface area contributed by atoms with Gasteiger partial charge in [-0.15, -0.1) is 0 Å². The van der Waals surface area contributed by atoms with E-state index in [2.05, 4.69) is 5.32 Å². The van der Waals surface area contributed by atoms with Crippen molar-refractivity contribution < 1.29 is 23.8 Å². The van der Waals surface area contributed by atoms with Crippen LogP contribution in [0.3, 0.4) is 0 Å². The molecule has 0 atom stereocenters. The fraction of sp³-hybridized carbons (Fsp3) is 0.267. The van der Waals surface area contributed by atoms with Crippen LogP contribution in [0.4, 0.5) is 5.69 Å². The lowest BCUT2D eigenvalue weighted by Gasteiger charge is -2.14. The number of thiocyanates is 1. The Morgan fingerprint density at radius 3 is 2.91 bits per heavy atom. The van der Waals surface area contributed by atoms with Crippen molar-refractivity contribution >= 4 is 29.3 Å². The molecule has 120 valence electrons. The minimum atomic E-state index is -0.752. The van der Waals surface area contributed by atoms with Crippen molar-refractivity contribution in [3.8, 4) is 5.40 Å². The Labute approximate surface area is 137 Å². The summed E-state index contributed by atoms with van der Waals surface area (Å²) in [4.78, 5) is 24.2. The average molecular weight is 334 g/mol. The van der Waals surface area contributed by atoms with Crippen LogP contribution in [0.15, 0.2) is 35.1 Å². The first-order chi connectivity index (χ1) is 11.1. The first-order valence-corrected chi connectivity index (χ1v) is 7.50. The topological polar surface area (TPSA) is 97.7 Å². The molecule has 0 saturated carbocycles. The first kappa shape index (κ1) is 16.7. The van der Waals surface area contributed by atoms with Gasteiger partial charge in [0.05, 0.1) is 0 Å². The summed E-state index contributed by atoms with van der Waals surface area (Å²) in [7, 11) is 0. The minimum Gasteiger partial charge on any atom is -0.493 e. The minimum absolute atomic E-state index is 0.0573. The molecule has 1 aliphatic rings. The number of aryl methyl sites for hydroxylation is 1. The van der Waals surface area contributed by atoms with Crippen LogP contribution in [0, 0.1) is 17.6 Å². The third kappa shape index (κ3) is 4.93. The molecule has 8 heteroatoms. The molecule has 0 unspecified atom stereocenters. The molecule has 7 nitrogen and oxygen atoms in total. The van der Waals surface area contributed by atoms with Gasteiger partial charge in [0.25, 0.3) is 5.91 Å². The molecule has 0 aromatic heterocycles. The molecule has 1 aromatic carbocycles. The van der Waals surface area contributed by atoms with E-state index in [0.29, 0.717) is 12.3 Å². The van der Waals surface area contributed by atoms with Crippen LogP contribution in [0.25, 0.3) is 0 Å². The molecule has 1 heterocycles. The van der Waals surface area contributed by atoms with Gasteiger partial charge in [0, 0.05) is 10.6 Å². The van der Waals surface area contributed by atoms with Gasteiger partial charge in [0.1, 0.15) is 24.9 Å². The Kier molecular flexibility index (Phi) is 5.88. The zero-order valence-electron chi connectivity index (χ0n) is 12.3. The van der Waals surface area contributed by atoms with Crippen LogP contribution < -0.4 is 5.32 Å². The van der Waals surface area contributed by atoms with Gasteiger partial charge in [-0.3, -0.25) is 4.79 Å². The molecule has 1 aliphatic heterocycles. The Hall–Kier alpha value is -2.66. The zero-order valence-corrected chi connectivity index (χ0v) is 13.1. The number of rotatable bonds is 5. The lowest BCUT2D eigenvalue weighted by molar-refractivity contribution is -0.148. The second-order valence-corrected chi connectivity index (χ2v) is 5.35. The van der Waals surface area contributed by atoms with Crippen molar-refractivity contribution in [3.63, 3.8) is 0 Å². The van der Waals surface area contributed by atoms with E-state index >= 15 is 0 Å². The Balaban J connectivity index is 1.86. The van der Waals surface area contributed by atoms with E-state index in [4.69, 9.17) is 19.5 Å². The molecule has 0 bridgehead atoms. The first-order valence-electron chi connectivity index (χ1n) is 6.68. The largest absolute Gasteiger partial charge is 0.493 e. The number of ether oxygens (including phenoxy) is 3. The van der Waals surface area contributed by atoms with Gasteiger partial charge in [-0.1, -0.05) is 0 Å². The van der Waals surface area contributed by atoms with Crippen LogP contribution in [0.2, 0.25) is 0 Å². The number of carbonyl (C=O) groups excluding carboxylic acids is 2. The predicted molar refractivity (Wildman–Crippen MR) is 82.2 cm³/mol. The van der Waals surface area contributed by atoms with Crippen molar-refractivity contribution in [1.29, 1.82) is 5.26 Å². The molecule has 2 rings (SSSR count). The smallest absolute Gasteiger partial charge is 0.377 e. The van der Waals surface area contributed by atoms with Crippen LogP contribution in [-0.4, -0.2) is 31.7 Å². The van der Waals surface area contributed by atoms with E-state index in [1.165, 1.54) is 6.26 Å². The number of nitrogens with zero attached hydrogens (tertiary/aromatic N) is 1. The van der Waals surface area contributed by atoms with E-state index in [-0.39, 0.29) is 12.4 Å². The van der Waals surface area contributed by atoms with E-state index in [9.17, 15) is 9.59 Å². The fourth-order valence-electron chi connectivity index (χ4n) is 1.76. The van der Waals surface area contributed by atoms with E-state index in [1.54, 1.807) is 25.1 Å². The van der Waals surface area contributed by atoms with E-state index in [0.717, 1.165) is 22.2 Å². The van der Waals surface area contributed by atoms with Crippen LogP contribution in [0.1, 0.15) is 5.56 Å². The number of anilines is 1. The molecule has 0 aliphatic carbocycles. The highest BCUT2D eigenvalue weighted by molar-refractivity contribution is 8.03. The van der Waals surface area contributed by atoms with Crippen LogP contribution in [0.5, 0.6) is 0 Å². The molecular formula is C15H14N2O5S. The number of nitrogens with one attached hydrogen (secondary N) is 1. The maximum Gasteiger partial charge on any atom is 0.377 e. The number of thioether (sulfide) groups is 1. The summed E-state index contributed by atoms with van der Waals surface area (Å²) >= 11 is 1.04. The molecule has 0 spiro atoms. The number of benzene rings is 1. The van der Waals surface area contributed by atoms with Gasteiger partial charge >= 0.3 is 5.97 Å². The molecule has 0 saturated heterocycles. The molecule has 1 amide bonds. The zero-order chi connectivity index (χ0) is 16.7. The molecule has 23 heavy (non-hydrogen) atoms. The van der Waals surface area contributed by atoms with Gasteiger partial charge < -0.3 is 19.5 Å². The SMILES string of the molecule is Cc1cc(SC#N)ccc1NC(=O)COC(=O)C1=COCCO1. The normalized spacial score (nSPS) is 13.0. The number of hydrogen-bond donors (Lipinski definition) is 1. The third-order valence-corrected chi connectivity index (χ3v) is 3.40. The molecule has 1 aromatic rings. The molecule has 0 fully saturated rings. The highest BCUT2D eigenvalue weighted by atomic mass is 32.2. The van der Waals surface area contributed by atoms with Gasteiger partial charge in [-0.25, -0.2) is 4.79 Å². The van der Waals surface area contributed by atoms with Crippen molar-refractivity contribution in [2.45, 2.75) is 11.8 Å². The lowest BCUT2D eigenvalue weighted by Crippen LogP contribution is -2.24. The van der Waals surface area contributed by atoms with Gasteiger partial charge in [-0.05, 0) is 42.4 Å². The summed E-state index contributed by atoms with van der Waals surface area (Å²) in [5.74, 6) is -1.28. The summed E-state index contributed by atoms with van der Waals surface area (Å²) in [6.45, 7) is 2.00. The predicted octanol–water partition coefficient (Wildman–Crippen LogP) is 1.94. The van der Waals surface area contributed by atoms with Crippen molar-refractivity contribution in [1.82, 2.24) is 0 Å². The second kappa shape index (κ2) is 8.10. The Bertz CT molecular complexity index is 681. The summed E-state index contributed by atoms with van der Waals surface area (Å²) in [6.07, 6.45) is 1.17. The number of hydrogen-bond acceptors (Lipinski definition) is 7. The van der Waals surface area contributed by atoms with Gasteiger partial charge in [0.2, 0.25) is 5.76 Å². The van der Waals surface area contributed by atoms with Gasteiger partial charge in [-0.2, -0.15) is 5.26 Å². The average Bonchev–Trinajstić information content (AvgIpc) is 2.56. The third-order valence-electron chi connectivity index (χ3n) is 2.82. The number of esters is 1. The Morgan fingerprint density at radius 2 is 2.26 bits per heavy atom. The van der Waals surface area contributed by atoms with Crippen LogP contribution >= 0.6 is 11.8 Å². The highest BCUT2D eigenvalue weighted by Crippen LogP contribution is 2.23. The fourth-order valence-corrected chi connectivity index (χ4v) is 2.23. The Morgan fingerprint density at radius 1 is 1.43 bits per heavy atom. The van der Waals surface area contributed by atoms with Gasteiger partial charge in [0.15, 0.2) is 6.61 Å². The maximum atomic E-state index is 11.8. The summed E-state index contributed by atoms with van der Waals surface area (Å²) < 4.78 is 14.8. The summed E-state index contributed by atoms with van der Waals surface area (Å²) in [6, 6.07) is 5.20. The summed E-state index contributed by atoms with van der Waals surface area (Å²) in [5.41, 5.74) is 1.39. The van der Waals surface area contributed by atoms with Crippen molar-refractivity contribution in [2.24, 2.45) is 0 Å². The molecule has 1 N–H and O–H groups in total. The maximum absolute atomic E-state index is 11.8. The quantitative estimate of drug-likeness (QED) is 0.499. The summed E-state index contributed by atoms with van der Waals surface area (Å²) in [5, 5.41) is 13.2. The number of nitriles is 1. The monoisotopic (exact) mass is 334 g/mol. The van der Waals surface area contributed by atoms with Crippen molar-refractivity contribution in [2.75, 3.05) is 25.1 Å².